The van der Waals surface area contributed by atoms with Gasteiger partial charge >= 0.3 is 0 Å². The van der Waals surface area contributed by atoms with Crippen LogP contribution in [-0.2, 0) is 11.2 Å². The molecule has 0 amide bonds. The lowest BCUT2D eigenvalue weighted by Gasteiger charge is -2.29. The van der Waals surface area contributed by atoms with Gasteiger partial charge in [-0.1, -0.05) is 30.3 Å². The van der Waals surface area contributed by atoms with Crippen LogP contribution < -0.4 is 5.32 Å². The van der Waals surface area contributed by atoms with Crippen LogP contribution in [0.1, 0.15) is 31.2 Å². The van der Waals surface area contributed by atoms with E-state index < -0.39 is 0 Å². The highest BCUT2D eigenvalue weighted by Gasteiger charge is 2.22. The first-order valence-electron chi connectivity index (χ1n) is 9.41. The molecule has 0 spiro atoms. The summed E-state index contributed by atoms with van der Waals surface area (Å²) in [7, 11) is 0. The Labute approximate surface area is 153 Å². The van der Waals surface area contributed by atoms with Crippen LogP contribution in [0.2, 0.25) is 0 Å². The second-order valence-electron chi connectivity index (χ2n) is 7.03. The lowest BCUT2D eigenvalue weighted by Crippen LogP contribution is -2.28. The number of aromatic amines is 1. The number of anilines is 1. The summed E-state index contributed by atoms with van der Waals surface area (Å²) in [4.78, 5) is 8.56. The number of fused-ring (bicyclic) bond motifs is 1. The van der Waals surface area contributed by atoms with E-state index in [2.05, 4.69) is 55.8 Å². The third kappa shape index (κ3) is 4.19. The number of nitrogens with zero attached hydrogens (tertiary/aromatic N) is 3. The molecule has 4 rings (SSSR count). The van der Waals surface area contributed by atoms with Gasteiger partial charge in [0.25, 0.3) is 0 Å². The Kier molecular flexibility index (Phi) is 5.40. The first kappa shape index (κ1) is 17.0. The van der Waals surface area contributed by atoms with Crippen molar-refractivity contribution >= 4 is 16.9 Å². The molecule has 1 saturated carbocycles. The molecule has 1 aromatic carbocycles. The monoisotopic (exact) mass is 351 g/mol. The second kappa shape index (κ2) is 8.27. The summed E-state index contributed by atoms with van der Waals surface area (Å²) < 4.78 is 5.92. The van der Waals surface area contributed by atoms with Crippen LogP contribution in [0.3, 0.4) is 0 Å². The van der Waals surface area contributed by atoms with Gasteiger partial charge in [-0.2, -0.15) is 5.10 Å². The standard InChI is InChI=1S/C20H25N5O/c1-2-4-15(5-3-1)10-11-26-13-16-6-8-17(9-7-16)24-19-18-12-23-25-20(18)22-14-21-19/h1-5,12,14,16-17H,6-11,13H2,(H2,21,22,23,24,25)/t16-,17+. The van der Waals surface area contributed by atoms with Gasteiger partial charge in [0.15, 0.2) is 5.65 Å². The topological polar surface area (TPSA) is 75.7 Å². The minimum Gasteiger partial charge on any atom is -0.381 e. The lowest BCUT2D eigenvalue weighted by molar-refractivity contribution is 0.0860. The van der Waals surface area contributed by atoms with E-state index in [0.717, 1.165) is 49.3 Å². The molecule has 2 aromatic heterocycles. The molecule has 0 unspecified atom stereocenters. The molecule has 2 heterocycles. The van der Waals surface area contributed by atoms with Gasteiger partial charge in [0.2, 0.25) is 0 Å². The lowest BCUT2D eigenvalue weighted by atomic mass is 9.86. The molecule has 26 heavy (non-hydrogen) atoms. The molecule has 6 heteroatoms. The molecule has 3 aromatic rings. The van der Waals surface area contributed by atoms with E-state index >= 15 is 0 Å². The molecule has 1 aliphatic rings. The molecule has 1 fully saturated rings. The maximum atomic E-state index is 5.92. The maximum absolute atomic E-state index is 5.92. The molecule has 136 valence electrons. The molecule has 1 aliphatic carbocycles. The maximum Gasteiger partial charge on any atom is 0.160 e. The molecule has 6 nitrogen and oxygen atoms in total. The van der Waals surface area contributed by atoms with Crippen LogP contribution in [-0.4, -0.2) is 39.4 Å². The predicted molar refractivity (Wildman–Crippen MR) is 102 cm³/mol. The van der Waals surface area contributed by atoms with Crippen LogP contribution in [0.4, 0.5) is 5.82 Å². The van der Waals surface area contributed by atoms with Gasteiger partial charge in [-0.3, -0.25) is 5.10 Å². The summed E-state index contributed by atoms with van der Waals surface area (Å²) in [6, 6.07) is 11.0. The summed E-state index contributed by atoms with van der Waals surface area (Å²) in [6.45, 7) is 1.68. The van der Waals surface area contributed by atoms with Crippen molar-refractivity contribution < 1.29 is 4.74 Å². The van der Waals surface area contributed by atoms with E-state index in [0.29, 0.717) is 12.0 Å². The predicted octanol–water partition coefficient (Wildman–Crippen LogP) is 3.58. The Morgan fingerprint density at radius 3 is 2.77 bits per heavy atom. The number of hydrogen-bond acceptors (Lipinski definition) is 5. The minimum absolute atomic E-state index is 0.462. The summed E-state index contributed by atoms with van der Waals surface area (Å²) >= 11 is 0. The molecule has 2 N–H and O–H groups in total. The zero-order valence-corrected chi connectivity index (χ0v) is 14.9. The fourth-order valence-electron chi connectivity index (χ4n) is 3.63. The van der Waals surface area contributed by atoms with Gasteiger partial charge in [0.1, 0.15) is 12.1 Å². The Morgan fingerprint density at radius 2 is 1.92 bits per heavy atom. The number of aromatic nitrogens is 4. The Hall–Kier alpha value is -2.47. The summed E-state index contributed by atoms with van der Waals surface area (Å²) in [5, 5.41) is 11.5. The second-order valence-corrected chi connectivity index (χ2v) is 7.03. The fraction of sp³-hybridized carbons (Fsp3) is 0.450. The van der Waals surface area contributed by atoms with Crippen molar-refractivity contribution in [3.8, 4) is 0 Å². The van der Waals surface area contributed by atoms with Gasteiger partial charge in [-0.15, -0.1) is 0 Å². The Morgan fingerprint density at radius 1 is 1.08 bits per heavy atom. The number of H-pyrrole nitrogens is 1. The zero-order chi connectivity index (χ0) is 17.6. The molecule has 0 saturated heterocycles. The van der Waals surface area contributed by atoms with Gasteiger partial charge < -0.3 is 10.1 Å². The summed E-state index contributed by atoms with van der Waals surface area (Å²) in [6.07, 6.45) is 9.04. The largest absolute Gasteiger partial charge is 0.381 e. The van der Waals surface area contributed by atoms with Crippen molar-refractivity contribution in [1.29, 1.82) is 0 Å². The van der Waals surface area contributed by atoms with E-state index in [1.807, 2.05) is 0 Å². The molecular weight excluding hydrogens is 326 g/mol. The van der Waals surface area contributed by atoms with Gasteiger partial charge in [0, 0.05) is 12.6 Å². The van der Waals surface area contributed by atoms with Crippen molar-refractivity contribution in [2.75, 3.05) is 18.5 Å². The van der Waals surface area contributed by atoms with Crippen LogP contribution in [0.5, 0.6) is 0 Å². The smallest absolute Gasteiger partial charge is 0.160 e. The fourth-order valence-corrected chi connectivity index (χ4v) is 3.63. The first-order valence-corrected chi connectivity index (χ1v) is 9.41. The third-order valence-corrected chi connectivity index (χ3v) is 5.17. The average molecular weight is 351 g/mol. The number of rotatable bonds is 7. The van der Waals surface area contributed by atoms with Crippen molar-refractivity contribution in [2.45, 2.75) is 38.1 Å². The van der Waals surface area contributed by atoms with Gasteiger partial charge in [0.05, 0.1) is 18.2 Å². The van der Waals surface area contributed by atoms with Crippen molar-refractivity contribution in [2.24, 2.45) is 5.92 Å². The van der Waals surface area contributed by atoms with Crippen LogP contribution in [0.15, 0.2) is 42.9 Å². The van der Waals surface area contributed by atoms with Crippen molar-refractivity contribution in [1.82, 2.24) is 20.2 Å². The van der Waals surface area contributed by atoms with Crippen molar-refractivity contribution in [3.05, 3.63) is 48.4 Å². The quantitative estimate of drug-likeness (QED) is 0.636. The molecule has 0 bridgehead atoms. The minimum atomic E-state index is 0.462. The van der Waals surface area contributed by atoms with E-state index in [1.165, 1.54) is 18.4 Å². The SMILES string of the molecule is c1ccc(CCOC[C@H]2CC[C@@H](Nc3ncnc4[nH]ncc34)CC2)cc1. The van der Waals surface area contributed by atoms with Crippen LogP contribution in [0.25, 0.3) is 11.0 Å². The normalized spacial score (nSPS) is 20.3. The summed E-state index contributed by atoms with van der Waals surface area (Å²) in [5.41, 5.74) is 2.12. The number of benzene rings is 1. The van der Waals surface area contributed by atoms with E-state index in [4.69, 9.17) is 4.74 Å². The number of nitrogens with one attached hydrogen (secondary N) is 2. The van der Waals surface area contributed by atoms with Crippen molar-refractivity contribution in [3.63, 3.8) is 0 Å². The van der Waals surface area contributed by atoms with Crippen LogP contribution in [0, 0.1) is 5.92 Å². The molecular formula is C20H25N5O. The number of hydrogen-bond donors (Lipinski definition) is 2. The molecule has 0 atom stereocenters. The highest BCUT2D eigenvalue weighted by molar-refractivity contribution is 5.85. The van der Waals surface area contributed by atoms with Gasteiger partial charge in [-0.05, 0) is 43.6 Å². The van der Waals surface area contributed by atoms with Gasteiger partial charge in [-0.25, -0.2) is 9.97 Å². The highest BCUT2D eigenvalue weighted by atomic mass is 16.5. The first-order chi connectivity index (χ1) is 12.9. The van der Waals surface area contributed by atoms with E-state index in [1.54, 1.807) is 12.5 Å². The Bertz CT molecular complexity index is 811. The zero-order valence-electron chi connectivity index (χ0n) is 14.9. The number of ether oxygens (including phenoxy) is 1. The van der Waals surface area contributed by atoms with E-state index in [-0.39, 0.29) is 0 Å². The van der Waals surface area contributed by atoms with E-state index in [9.17, 15) is 0 Å². The molecule has 0 radical (unpaired) electrons. The van der Waals surface area contributed by atoms with Crippen LogP contribution >= 0.6 is 0 Å². The Balaban J connectivity index is 1.19. The highest BCUT2D eigenvalue weighted by Crippen LogP contribution is 2.28. The average Bonchev–Trinajstić information content (AvgIpc) is 3.17. The summed E-state index contributed by atoms with van der Waals surface area (Å²) in [5.74, 6) is 1.55. The molecule has 0 aliphatic heterocycles. The third-order valence-electron chi connectivity index (χ3n) is 5.17.